The Morgan fingerprint density at radius 2 is 2.03 bits per heavy atom. The van der Waals surface area contributed by atoms with Crippen molar-refractivity contribution in [1.82, 2.24) is 29.9 Å². The Kier molecular flexibility index (Phi) is 5.14. The van der Waals surface area contributed by atoms with Crippen LogP contribution in [-0.2, 0) is 17.9 Å². The summed E-state index contributed by atoms with van der Waals surface area (Å²) in [5.74, 6) is -6.74. The second kappa shape index (κ2) is 7.92. The van der Waals surface area contributed by atoms with Crippen LogP contribution in [0.1, 0.15) is 40.6 Å². The van der Waals surface area contributed by atoms with E-state index < -0.39 is 41.3 Å². The van der Waals surface area contributed by atoms with Crippen LogP contribution in [0.4, 0.5) is 23.4 Å². The Balaban J connectivity index is 1.26. The summed E-state index contributed by atoms with van der Waals surface area (Å²) in [5, 5.41) is 10.8. The molecule has 34 heavy (non-hydrogen) atoms. The molecule has 13 heteroatoms. The SMILES string of the molecule is CN1C(=O)[C@H](NC(=O)c2ncn(Cc3cccc(F)c3F)n2)CCn2nc([C@H]3CC3(F)F)cc21. The van der Waals surface area contributed by atoms with E-state index in [0.717, 1.165) is 6.07 Å². The summed E-state index contributed by atoms with van der Waals surface area (Å²) in [5.41, 5.74) is 0.279. The maximum absolute atomic E-state index is 13.9. The van der Waals surface area contributed by atoms with Crippen molar-refractivity contribution in [2.75, 3.05) is 11.9 Å². The molecule has 1 aliphatic carbocycles. The number of carbonyl (C=O) groups excluding carboxylic acids is 2. The molecule has 0 spiro atoms. The number of halogens is 4. The molecule has 0 bridgehead atoms. The third-order valence-electron chi connectivity index (χ3n) is 5.97. The number of alkyl halides is 2. The molecule has 1 aliphatic heterocycles. The van der Waals surface area contributed by atoms with Gasteiger partial charge in [0.1, 0.15) is 18.2 Å². The van der Waals surface area contributed by atoms with Gasteiger partial charge in [-0.25, -0.2) is 31.9 Å². The van der Waals surface area contributed by atoms with Gasteiger partial charge in [-0.1, -0.05) is 12.1 Å². The normalized spacial score (nSPS) is 21.2. The molecule has 3 aromatic rings. The van der Waals surface area contributed by atoms with Gasteiger partial charge in [0.05, 0.1) is 18.2 Å². The molecule has 2 aliphatic rings. The minimum Gasteiger partial charge on any atom is -0.337 e. The van der Waals surface area contributed by atoms with Gasteiger partial charge in [-0.2, -0.15) is 5.10 Å². The van der Waals surface area contributed by atoms with E-state index in [4.69, 9.17) is 0 Å². The summed E-state index contributed by atoms with van der Waals surface area (Å²) < 4.78 is 56.7. The Labute approximate surface area is 190 Å². The molecule has 0 saturated heterocycles. The number of hydrogen-bond acceptors (Lipinski definition) is 5. The van der Waals surface area contributed by atoms with Gasteiger partial charge in [0, 0.05) is 31.6 Å². The zero-order chi connectivity index (χ0) is 24.2. The standard InChI is InChI=1S/C21H19F4N7O2/c1-30-16-7-15(12-8-21(12,24)25)28-32(16)6-5-14(20(30)34)27-19(33)18-26-10-31(29-18)9-11-3-2-4-13(22)17(11)23/h2-4,7,10,12,14H,5-6,8-9H2,1H3,(H,27,33)/t12-,14-/m1/s1. The van der Waals surface area contributed by atoms with Gasteiger partial charge in [0.15, 0.2) is 11.6 Å². The summed E-state index contributed by atoms with van der Waals surface area (Å²) >= 11 is 0. The topological polar surface area (TPSA) is 97.9 Å². The number of anilines is 1. The lowest BCUT2D eigenvalue weighted by molar-refractivity contribution is -0.120. The van der Waals surface area contributed by atoms with Gasteiger partial charge in [0.2, 0.25) is 5.82 Å². The van der Waals surface area contributed by atoms with Crippen molar-refractivity contribution in [2.24, 2.45) is 0 Å². The molecule has 1 N–H and O–H groups in total. The molecule has 2 amide bonds. The molecular weight excluding hydrogens is 458 g/mol. The molecule has 1 saturated carbocycles. The molecule has 178 valence electrons. The smallest absolute Gasteiger partial charge is 0.291 e. The second-order valence-corrected chi connectivity index (χ2v) is 8.36. The number of nitrogens with zero attached hydrogens (tertiary/aromatic N) is 6. The van der Waals surface area contributed by atoms with Crippen LogP contribution in [-0.4, -0.2) is 55.4 Å². The van der Waals surface area contributed by atoms with Crippen LogP contribution in [0.3, 0.4) is 0 Å². The molecule has 0 radical (unpaired) electrons. The van der Waals surface area contributed by atoms with Crippen LogP contribution in [0.5, 0.6) is 0 Å². The van der Waals surface area contributed by atoms with Crippen molar-refractivity contribution in [3.05, 3.63) is 59.3 Å². The lowest BCUT2D eigenvalue weighted by Gasteiger charge is -2.19. The fourth-order valence-electron chi connectivity index (χ4n) is 3.96. The zero-order valence-corrected chi connectivity index (χ0v) is 17.9. The molecule has 9 nitrogen and oxygen atoms in total. The highest BCUT2D eigenvalue weighted by molar-refractivity contribution is 6.00. The quantitative estimate of drug-likeness (QED) is 0.568. The number of benzene rings is 1. The van der Waals surface area contributed by atoms with Crippen LogP contribution >= 0.6 is 0 Å². The fourth-order valence-corrected chi connectivity index (χ4v) is 3.96. The van der Waals surface area contributed by atoms with E-state index in [-0.39, 0.29) is 43.0 Å². The van der Waals surface area contributed by atoms with Gasteiger partial charge < -0.3 is 5.32 Å². The lowest BCUT2D eigenvalue weighted by atomic mass is 10.2. The molecule has 5 rings (SSSR count). The van der Waals surface area contributed by atoms with Gasteiger partial charge in [0.25, 0.3) is 17.7 Å². The van der Waals surface area contributed by atoms with Gasteiger partial charge in [-0.3, -0.25) is 14.5 Å². The minimum absolute atomic E-state index is 0.0372. The maximum Gasteiger partial charge on any atom is 0.291 e. The van der Waals surface area contributed by atoms with Gasteiger partial charge in [-0.15, -0.1) is 5.10 Å². The number of aromatic nitrogens is 5. The number of carbonyl (C=O) groups is 2. The van der Waals surface area contributed by atoms with Crippen molar-refractivity contribution < 1.29 is 27.2 Å². The lowest BCUT2D eigenvalue weighted by Crippen LogP contribution is -2.47. The summed E-state index contributed by atoms with van der Waals surface area (Å²) in [6, 6.07) is 4.30. The van der Waals surface area contributed by atoms with E-state index >= 15 is 0 Å². The van der Waals surface area contributed by atoms with Gasteiger partial charge in [-0.05, 0) is 12.5 Å². The predicted molar refractivity (Wildman–Crippen MR) is 109 cm³/mol. The highest BCUT2D eigenvalue weighted by Gasteiger charge is 2.59. The molecule has 2 atom stereocenters. The highest BCUT2D eigenvalue weighted by atomic mass is 19.3. The first-order valence-electron chi connectivity index (χ1n) is 10.5. The van der Waals surface area contributed by atoms with E-state index in [0.29, 0.717) is 5.82 Å². The number of fused-ring (bicyclic) bond motifs is 1. The monoisotopic (exact) mass is 477 g/mol. The molecule has 1 fully saturated rings. The Bertz CT molecular complexity index is 1290. The largest absolute Gasteiger partial charge is 0.337 e. The first-order chi connectivity index (χ1) is 16.1. The van der Waals surface area contributed by atoms with Crippen molar-refractivity contribution in [3.8, 4) is 0 Å². The average molecular weight is 477 g/mol. The van der Waals surface area contributed by atoms with Crippen molar-refractivity contribution in [1.29, 1.82) is 0 Å². The summed E-state index contributed by atoms with van der Waals surface area (Å²) in [6.45, 7) is 0.0911. The molecule has 3 heterocycles. The first-order valence-corrected chi connectivity index (χ1v) is 10.5. The van der Waals surface area contributed by atoms with Crippen molar-refractivity contribution in [2.45, 2.75) is 43.8 Å². The second-order valence-electron chi connectivity index (χ2n) is 8.36. The third kappa shape index (κ3) is 3.90. The predicted octanol–water partition coefficient (Wildman–Crippen LogP) is 2.09. The van der Waals surface area contributed by atoms with Crippen LogP contribution in [0.2, 0.25) is 0 Å². The van der Waals surface area contributed by atoms with E-state index in [1.54, 1.807) is 0 Å². The summed E-state index contributed by atoms with van der Waals surface area (Å²) in [6.07, 6.45) is 1.12. The number of rotatable bonds is 5. The highest BCUT2D eigenvalue weighted by Crippen LogP contribution is 2.55. The number of likely N-dealkylation sites (N-methyl/N-ethyl adjacent to an activating group) is 1. The van der Waals surface area contributed by atoms with E-state index in [1.165, 1.54) is 45.8 Å². The van der Waals surface area contributed by atoms with Crippen LogP contribution in [0.15, 0.2) is 30.6 Å². The van der Waals surface area contributed by atoms with E-state index in [1.807, 2.05) is 0 Å². The molecule has 2 aromatic heterocycles. The first kappa shape index (κ1) is 22.0. The average Bonchev–Trinajstić information content (AvgIpc) is 3.15. The third-order valence-corrected chi connectivity index (χ3v) is 5.97. The Morgan fingerprint density at radius 1 is 1.26 bits per heavy atom. The zero-order valence-electron chi connectivity index (χ0n) is 17.9. The van der Waals surface area contributed by atoms with Crippen LogP contribution in [0, 0.1) is 11.6 Å². The summed E-state index contributed by atoms with van der Waals surface area (Å²) in [7, 11) is 1.48. The van der Waals surface area contributed by atoms with Gasteiger partial charge >= 0.3 is 0 Å². The number of nitrogens with one attached hydrogen (secondary N) is 1. The minimum atomic E-state index is -2.77. The molecule has 0 unspecified atom stereocenters. The van der Waals surface area contributed by atoms with Crippen molar-refractivity contribution in [3.63, 3.8) is 0 Å². The number of aryl methyl sites for hydroxylation is 1. The number of amides is 2. The van der Waals surface area contributed by atoms with Crippen LogP contribution < -0.4 is 10.2 Å². The van der Waals surface area contributed by atoms with E-state index in [9.17, 15) is 27.2 Å². The van der Waals surface area contributed by atoms with Crippen molar-refractivity contribution >= 4 is 17.6 Å². The molecular formula is C21H19F4N7O2. The number of hydrogen-bond donors (Lipinski definition) is 1. The molecule has 1 aromatic carbocycles. The summed E-state index contributed by atoms with van der Waals surface area (Å²) in [4.78, 5) is 30.7. The van der Waals surface area contributed by atoms with E-state index in [2.05, 4.69) is 20.5 Å². The maximum atomic E-state index is 13.9. The fraction of sp³-hybridized carbons (Fsp3) is 0.381. The Hall–Kier alpha value is -3.77. The Morgan fingerprint density at radius 3 is 2.76 bits per heavy atom. The van der Waals surface area contributed by atoms with Crippen LogP contribution in [0.25, 0.3) is 0 Å².